The molecule has 7 heteroatoms. The fourth-order valence-corrected chi connectivity index (χ4v) is 5.30. The van der Waals surface area contributed by atoms with Crippen LogP contribution in [0.2, 0.25) is 0 Å². The normalized spacial score (nSPS) is 19.5. The van der Waals surface area contributed by atoms with Gasteiger partial charge in [0.15, 0.2) is 0 Å². The average molecular weight is 385 g/mol. The van der Waals surface area contributed by atoms with Crippen LogP contribution in [0.4, 0.5) is 0 Å². The quantitative estimate of drug-likeness (QED) is 0.828. The highest BCUT2D eigenvalue weighted by molar-refractivity contribution is 7.89. The third-order valence-electron chi connectivity index (χ3n) is 5.20. The fourth-order valence-electron chi connectivity index (χ4n) is 3.69. The Kier molecular flexibility index (Phi) is 4.97. The predicted octanol–water partition coefficient (Wildman–Crippen LogP) is 2.43. The summed E-state index contributed by atoms with van der Waals surface area (Å²) in [5, 5.41) is 3.05. The molecule has 0 saturated heterocycles. The first-order chi connectivity index (χ1) is 13.1. The minimum absolute atomic E-state index is 0.0513. The highest BCUT2D eigenvalue weighted by Gasteiger charge is 2.39. The SMILES string of the molecule is O=C(CN(C1CC1)S(=O)(=O)c1cccnc1)NC1CCCc2ccccc21. The van der Waals surface area contributed by atoms with Gasteiger partial charge in [0.05, 0.1) is 12.6 Å². The standard InChI is InChI=1S/C20H23N3O3S/c24-20(22-19-9-3-6-15-5-1-2-8-18(15)19)14-23(16-10-11-16)27(25,26)17-7-4-12-21-13-17/h1-2,4-5,7-8,12-13,16,19H,3,6,9-11,14H2,(H,22,24). The van der Waals surface area contributed by atoms with Crippen LogP contribution in [0.5, 0.6) is 0 Å². The summed E-state index contributed by atoms with van der Waals surface area (Å²) < 4.78 is 27.2. The second-order valence-electron chi connectivity index (χ2n) is 7.18. The summed E-state index contributed by atoms with van der Waals surface area (Å²) >= 11 is 0. The van der Waals surface area contributed by atoms with E-state index in [1.165, 1.54) is 28.3 Å². The summed E-state index contributed by atoms with van der Waals surface area (Å²) in [6.07, 6.45) is 7.36. The van der Waals surface area contributed by atoms with Crippen molar-refractivity contribution in [3.8, 4) is 0 Å². The van der Waals surface area contributed by atoms with Crippen LogP contribution in [0.3, 0.4) is 0 Å². The number of nitrogens with zero attached hydrogens (tertiary/aromatic N) is 2. The highest BCUT2D eigenvalue weighted by atomic mass is 32.2. The largest absolute Gasteiger partial charge is 0.348 e. The first-order valence-corrected chi connectivity index (χ1v) is 10.8. The Morgan fingerprint density at radius 3 is 2.70 bits per heavy atom. The van der Waals surface area contributed by atoms with E-state index in [9.17, 15) is 13.2 Å². The summed E-state index contributed by atoms with van der Waals surface area (Å²) in [5.74, 6) is -0.254. The molecular weight excluding hydrogens is 362 g/mol. The third-order valence-corrected chi connectivity index (χ3v) is 7.08. The van der Waals surface area contributed by atoms with Gasteiger partial charge in [-0.3, -0.25) is 9.78 Å². The molecule has 1 amide bonds. The molecule has 0 spiro atoms. The molecule has 27 heavy (non-hydrogen) atoms. The number of rotatable bonds is 6. The minimum Gasteiger partial charge on any atom is -0.348 e. The van der Waals surface area contributed by atoms with Crippen molar-refractivity contribution >= 4 is 15.9 Å². The minimum atomic E-state index is -3.72. The number of benzene rings is 1. The van der Waals surface area contributed by atoms with E-state index in [4.69, 9.17) is 0 Å². The molecule has 1 fully saturated rings. The Hall–Kier alpha value is -2.25. The van der Waals surface area contributed by atoms with Crippen LogP contribution in [0.15, 0.2) is 53.7 Å². The van der Waals surface area contributed by atoms with Crippen molar-refractivity contribution in [3.05, 3.63) is 59.9 Å². The van der Waals surface area contributed by atoms with E-state index in [1.54, 1.807) is 6.07 Å². The summed E-state index contributed by atoms with van der Waals surface area (Å²) in [5.41, 5.74) is 2.40. The Bertz CT molecular complexity index is 926. The smallest absolute Gasteiger partial charge is 0.245 e. The second kappa shape index (κ2) is 7.40. The molecule has 2 aliphatic rings. The number of pyridine rings is 1. The van der Waals surface area contributed by atoms with Gasteiger partial charge in [0, 0.05) is 18.4 Å². The molecule has 6 nitrogen and oxygen atoms in total. The van der Waals surface area contributed by atoms with Gasteiger partial charge in [-0.15, -0.1) is 0 Å². The van der Waals surface area contributed by atoms with Crippen LogP contribution in [-0.2, 0) is 21.2 Å². The van der Waals surface area contributed by atoms with Crippen molar-refractivity contribution in [2.75, 3.05) is 6.54 Å². The van der Waals surface area contributed by atoms with Crippen molar-refractivity contribution in [2.45, 2.75) is 49.1 Å². The summed E-state index contributed by atoms with van der Waals surface area (Å²) in [6.45, 7) is -0.152. The van der Waals surface area contributed by atoms with E-state index in [1.807, 2.05) is 18.2 Å². The molecule has 1 atom stereocenters. The molecule has 1 aromatic carbocycles. The number of aromatic nitrogens is 1. The first-order valence-electron chi connectivity index (χ1n) is 9.35. The molecule has 1 N–H and O–H groups in total. The van der Waals surface area contributed by atoms with Crippen molar-refractivity contribution < 1.29 is 13.2 Å². The molecule has 142 valence electrons. The maximum absolute atomic E-state index is 12.9. The van der Waals surface area contributed by atoms with Gasteiger partial charge in [0.25, 0.3) is 0 Å². The molecule has 0 radical (unpaired) electrons. The maximum atomic E-state index is 12.9. The zero-order chi connectivity index (χ0) is 18.9. The number of hydrogen-bond donors (Lipinski definition) is 1. The lowest BCUT2D eigenvalue weighted by Gasteiger charge is -2.28. The number of hydrogen-bond acceptors (Lipinski definition) is 4. The monoisotopic (exact) mass is 385 g/mol. The van der Waals surface area contributed by atoms with Crippen LogP contribution in [-0.4, -0.2) is 36.2 Å². The predicted molar refractivity (Wildman–Crippen MR) is 101 cm³/mol. The van der Waals surface area contributed by atoms with Crippen molar-refractivity contribution in [1.29, 1.82) is 0 Å². The lowest BCUT2D eigenvalue weighted by Crippen LogP contribution is -2.43. The lowest BCUT2D eigenvalue weighted by atomic mass is 9.88. The van der Waals surface area contributed by atoms with Gasteiger partial charge < -0.3 is 5.32 Å². The number of aryl methyl sites for hydroxylation is 1. The van der Waals surface area contributed by atoms with Crippen molar-refractivity contribution in [1.82, 2.24) is 14.6 Å². The van der Waals surface area contributed by atoms with E-state index in [0.717, 1.165) is 37.7 Å². The topological polar surface area (TPSA) is 79.4 Å². The molecule has 2 aromatic rings. The van der Waals surface area contributed by atoms with Crippen LogP contribution in [0, 0.1) is 0 Å². The third kappa shape index (κ3) is 3.89. The van der Waals surface area contributed by atoms with E-state index >= 15 is 0 Å². The number of nitrogens with one attached hydrogen (secondary N) is 1. The number of fused-ring (bicyclic) bond motifs is 1. The van der Waals surface area contributed by atoms with E-state index in [-0.39, 0.29) is 29.4 Å². The molecule has 1 aromatic heterocycles. The van der Waals surface area contributed by atoms with Gasteiger partial charge in [0.1, 0.15) is 4.90 Å². The average Bonchev–Trinajstić information content (AvgIpc) is 3.52. The molecule has 0 bridgehead atoms. The van der Waals surface area contributed by atoms with Gasteiger partial charge in [0.2, 0.25) is 15.9 Å². The van der Waals surface area contributed by atoms with Crippen LogP contribution < -0.4 is 5.32 Å². The van der Waals surface area contributed by atoms with E-state index < -0.39 is 10.0 Å². The van der Waals surface area contributed by atoms with Crippen LogP contribution in [0.1, 0.15) is 42.9 Å². The Morgan fingerprint density at radius 2 is 1.96 bits per heavy atom. The zero-order valence-corrected chi connectivity index (χ0v) is 15.9. The molecule has 1 heterocycles. The molecular formula is C20H23N3O3S. The lowest BCUT2D eigenvalue weighted by molar-refractivity contribution is -0.122. The second-order valence-corrected chi connectivity index (χ2v) is 9.07. The van der Waals surface area contributed by atoms with Gasteiger partial charge >= 0.3 is 0 Å². The maximum Gasteiger partial charge on any atom is 0.245 e. The molecule has 0 aliphatic heterocycles. The first kappa shape index (κ1) is 18.1. The molecule has 4 rings (SSSR count). The summed E-state index contributed by atoms with van der Waals surface area (Å²) in [6, 6.07) is 11.1. The number of carbonyl (C=O) groups excluding carboxylic acids is 1. The molecule has 2 aliphatic carbocycles. The van der Waals surface area contributed by atoms with Gasteiger partial charge in [-0.25, -0.2) is 8.42 Å². The Labute approximate surface area is 159 Å². The van der Waals surface area contributed by atoms with Crippen LogP contribution in [0.25, 0.3) is 0 Å². The number of carbonyl (C=O) groups is 1. The Morgan fingerprint density at radius 1 is 1.15 bits per heavy atom. The van der Waals surface area contributed by atoms with Gasteiger partial charge in [-0.05, 0) is 55.4 Å². The van der Waals surface area contributed by atoms with E-state index in [0.29, 0.717) is 0 Å². The van der Waals surface area contributed by atoms with Crippen molar-refractivity contribution in [3.63, 3.8) is 0 Å². The summed E-state index contributed by atoms with van der Waals surface area (Å²) in [4.78, 5) is 16.7. The molecule has 1 saturated carbocycles. The zero-order valence-electron chi connectivity index (χ0n) is 15.0. The van der Waals surface area contributed by atoms with E-state index in [2.05, 4.69) is 16.4 Å². The van der Waals surface area contributed by atoms with Crippen molar-refractivity contribution in [2.24, 2.45) is 0 Å². The van der Waals surface area contributed by atoms with Crippen LogP contribution >= 0.6 is 0 Å². The van der Waals surface area contributed by atoms with Gasteiger partial charge in [-0.1, -0.05) is 24.3 Å². The highest BCUT2D eigenvalue weighted by Crippen LogP contribution is 2.32. The van der Waals surface area contributed by atoms with Gasteiger partial charge in [-0.2, -0.15) is 4.31 Å². The fraction of sp³-hybridized carbons (Fsp3) is 0.400. The molecule has 1 unspecified atom stereocenters. The summed E-state index contributed by atoms with van der Waals surface area (Å²) in [7, 11) is -3.72. The number of sulfonamides is 1. The number of amides is 1. The Balaban J connectivity index is 1.50.